The summed E-state index contributed by atoms with van der Waals surface area (Å²) in [5.74, 6) is -2.27. The molecule has 2 amide bonds. The molecule has 13 heteroatoms. The molecule has 1 aliphatic heterocycles. The molecule has 1 aliphatic rings. The van der Waals surface area contributed by atoms with Gasteiger partial charge < -0.3 is 34.3 Å². The Morgan fingerprint density at radius 3 is 1.94 bits per heavy atom. The molecule has 0 saturated heterocycles. The largest absolute Gasteiger partial charge is 0.480 e. The normalized spacial score (nSPS) is 21.9. The summed E-state index contributed by atoms with van der Waals surface area (Å²) in [5.41, 5.74) is -1.69. The summed E-state index contributed by atoms with van der Waals surface area (Å²) in [7, 11) is 1.12. The van der Waals surface area contributed by atoms with E-state index in [4.69, 9.17) is 14.2 Å². The van der Waals surface area contributed by atoms with E-state index >= 15 is 0 Å². The fraction of sp³-hybridized carbons (Fsp3) is 0.727. The molecule has 0 aromatic heterocycles. The Balaban J connectivity index is 3.40. The average Bonchev–Trinajstić information content (AvgIpc) is 2.70. The molecule has 5 N–H and O–H groups in total. The van der Waals surface area contributed by atoms with Gasteiger partial charge >= 0.3 is 18.2 Å². The van der Waals surface area contributed by atoms with Gasteiger partial charge in [-0.15, -0.1) is 0 Å². The van der Waals surface area contributed by atoms with Gasteiger partial charge in [0.25, 0.3) is 0 Å². The zero-order valence-electron chi connectivity index (χ0n) is 21.3. The highest BCUT2D eigenvalue weighted by Gasteiger charge is 2.41. The van der Waals surface area contributed by atoms with Crippen LogP contribution >= 0.6 is 0 Å². The minimum Gasteiger partial charge on any atom is -0.480 e. The Kier molecular flexibility index (Phi) is 10.5. The van der Waals surface area contributed by atoms with Crippen molar-refractivity contribution in [3.8, 4) is 0 Å². The highest BCUT2D eigenvalue weighted by Crippen LogP contribution is 2.29. The molecule has 0 spiro atoms. The first-order chi connectivity index (χ1) is 16.0. The predicted octanol–water partition coefficient (Wildman–Crippen LogP) is 0.566. The van der Waals surface area contributed by atoms with E-state index in [0.29, 0.717) is 0 Å². The number of esters is 1. The summed E-state index contributed by atoms with van der Waals surface area (Å²) in [5, 5.41) is 34.2. The van der Waals surface area contributed by atoms with Crippen LogP contribution in [0.3, 0.4) is 0 Å². The number of hydrogen-bond donors (Lipinski definition) is 5. The Bertz CT molecular complexity index is 796. The quantitative estimate of drug-likeness (QED) is 0.154. The van der Waals surface area contributed by atoms with Crippen LogP contribution in [-0.2, 0) is 23.7 Å². The van der Waals surface area contributed by atoms with Crippen molar-refractivity contribution in [2.75, 3.05) is 13.7 Å². The molecule has 0 saturated carbocycles. The molecule has 0 aromatic carbocycles. The second kappa shape index (κ2) is 12.2. The lowest BCUT2D eigenvalue weighted by atomic mass is 9.88. The van der Waals surface area contributed by atoms with Gasteiger partial charge in [-0.25, -0.2) is 19.4 Å². The highest BCUT2D eigenvalue weighted by atomic mass is 16.6. The molecule has 1 unspecified atom stereocenters. The second-order valence-corrected chi connectivity index (χ2v) is 9.93. The number of hydrogen-bond acceptors (Lipinski definition) is 11. The Hall–Kier alpha value is -2.90. The van der Waals surface area contributed by atoms with E-state index in [0.717, 1.165) is 7.11 Å². The van der Waals surface area contributed by atoms with E-state index in [1.165, 1.54) is 6.08 Å². The van der Waals surface area contributed by atoms with Crippen LogP contribution in [0.15, 0.2) is 16.8 Å². The molecular weight excluding hydrogens is 466 g/mol. The molecule has 0 radical (unpaired) electrons. The topological polar surface area (TPSA) is 185 Å². The van der Waals surface area contributed by atoms with Gasteiger partial charge in [-0.1, -0.05) is 6.92 Å². The molecule has 1 heterocycles. The lowest BCUT2D eigenvalue weighted by Gasteiger charge is -2.37. The van der Waals surface area contributed by atoms with Crippen molar-refractivity contribution in [2.24, 2.45) is 10.9 Å². The number of amides is 2. The number of guanidine groups is 1. The Labute approximate surface area is 204 Å². The smallest absolute Gasteiger partial charge is 0.414 e. The van der Waals surface area contributed by atoms with E-state index in [9.17, 15) is 29.7 Å². The summed E-state index contributed by atoms with van der Waals surface area (Å²) >= 11 is 0. The summed E-state index contributed by atoms with van der Waals surface area (Å²) < 4.78 is 20.6. The lowest BCUT2D eigenvalue weighted by molar-refractivity contribution is -0.149. The van der Waals surface area contributed by atoms with Crippen molar-refractivity contribution >= 4 is 24.1 Å². The molecule has 0 fully saturated rings. The van der Waals surface area contributed by atoms with Gasteiger partial charge in [-0.3, -0.25) is 10.6 Å². The minimum absolute atomic E-state index is 0.317. The Morgan fingerprint density at radius 2 is 1.54 bits per heavy atom. The van der Waals surface area contributed by atoms with E-state index in [2.05, 4.69) is 20.4 Å². The van der Waals surface area contributed by atoms with Gasteiger partial charge in [0.1, 0.15) is 29.5 Å². The number of methoxy groups -OCH3 is 1. The second-order valence-electron chi connectivity index (χ2n) is 9.93. The summed E-state index contributed by atoms with van der Waals surface area (Å²) in [4.78, 5) is 41.2. The van der Waals surface area contributed by atoms with Crippen molar-refractivity contribution < 1.29 is 48.7 Å². The van der Waals surface area contributed by atoms with Gasteiger partial charge in [-0.05, 0) is 47.6 Å². The maximum absolute atomic E-state index is 12.4. The first-order valence-corrected chi connectivity index (χ1v) is 11.0. The summed E-state index contributed by atoms with van der Waals surface area (Å²) in [6.45, 7) is 10.7. The van der Waals surface area contributed by atoms with Crippen molar-refractivity contribution in [3.63, 3.8) is 0 Å². The first-order valence-electron chi connectivity index (χ1n) is 11.0. The van der Waals surface area contributed by atoms with Gasteiger partial charge in [-0.2, -0.15) is 0 Å². The monoisotopic (exact) mass is 503 g/mol. The van der Waals surface area contributed by atoms with Crippen molar-refractivity contribution in [2.45, 2.75) is 84.0 Å². The Morgan fingerprint density at radius 1 is 1.06 bits per heavy atom. The summed E-state index contributed by atoms with van der Waals surface area (Å²) in [6.07, 6.45) is -4.92. The first kappa shape index (κ1) is 30.1. The number of carbonyl (C=O) groups excluding carboxylic acids is 3. The van der Waals surface area contributed by atoms with Crippen LogP contribution < -0.4 is 10.6 Å². The third-order valence-electron chi connectivity index (χ3n) is 4.46. The molecule has 35 heavy (non-hydrogen) atoms. The van der Waals surface area contributed by atoms with E-state index in [1.54, 1.807) is 48.5 Å². The standard InChI is InChI=1S/C22H37N3O10/c1-11-12(9-14(17(29)32-8)33-16(11)15(28)13(27)10-26)23-18(24-19(30)34-21(2,3)4)25-20(31)35-22(5,6)7/h9,11-13,15-16,26-28H,10H2,1-8H3,(H2,23,24,25,30,31)/t11-,12+,13-,15-,16?/m1/s1. The SMILES string of the molecule is COC(=O)C1=C[C@H](N=C(NC(=O)OC(C)(C)C)NC(=O)OC(C)(C)C)[C@@H](C)C([C@H](O)[C@H](O)CO)O1. The van der Waals surface area contributed by atoms with E-state index in [-0.39, 0.29) is 11.7 Å². The van der Waals surface area contributed by atoms with Gasteiger partial charge in [0.05, 0.1) is 19.8 Å². The van der Waals surface area contributed by atoms with Crippen LogP contribution in [0.5, 0.6) is 0 Å². The maximum atomic E-state index is 12.4. The number of nitrogens with zero attached hydrogens (tertiary/aromatic N) is 1. The van der Waals surface area contributed by atoms with Crippen LogP contribution in [0.4, 0.5) is 9.59 Å². The number of aliphatic imine (C=N–C) groups is 1. The van der Waals surface area contributed by atoms with Crippen LogP contribution in [0, 0.1) is 5.92 Å². The third kappa shape index (κ3) is 10.1. The van der Waals surface area contributed by atoms with Crippen LogP contribution in [0.1, 0.15) is 48.5 Å². The predicted molar refractivity (Wildman–Crippen MR) is 123 cm³/mol. The number of aliphatic hydroxyl groups is 3. The zero-order chi connectivity index (χ0) is 27.1. The molecule has 0 aliphatic carbocycles. The maximum Gasteiger partial charge on any atom is 0.414 e. The van der Waals surface area contributed by atoms with Crippen LogP contribution in [0.25, 0.3) is 0 Å². The van der Waals surface area contributed by atoms with E-state index < -0.39 is 66.2 Å². The molecule has 0 aromatic rings. The number of alkyl carbamates (subject to hydrolysis) is 2. The molecular formula is C22H37N3O10. The van der Waals surface area contributed by atoms with Crippen LogP contribution in [0.2, 0.25) is 0 Å². The van der Waals surface area contributed by atoms with Gasteiger partial charge in [0.15, 0.2) is 0 Å². The number of carbonyl (C=O) groups is 3. The van der Waals surface area contributed by atoms with Crippen molar-refractivity contribution in [3.05, 3.63) is 11.8 Å². The van der Waals surface area contributed by atoms with Gasteiger partial charge in [0, 0.05) is 5.92 Å². The number of nitrogens with one attached hydrogen (secondary N) is 2. The fourth-order valence-electron chi connectivity index (χ4n) is 2.92. The van der Waals surface area contributed by atoms with Crippen LogP contribution in [-0.4, -0.2) is 88.7 Å². The zero-order valence-corrected chi connectivity index (χ0v) is 21.3. The number of rotatable bonds is 5. The molecule has 1 rings (SSSR count). The highest BCUT2D eigenvalue weighted by molar-refractivity contribution is 6.01. The number of ether oxygens (including phenoxy) is 4. The lowest BCUT2D eigenvalue weighted by Crippen LogP contribution is -2.51. The molecule has 0 bridgehead atoms. The average molecular weight is 504 g/mol. The molecule has 5 atom stereocenters. The minimum atomic E-state index is -1.60. The van der Waals surface area contributed by atoms with Gasteiger partial charge in [0.2, 0.25) is 11.7 Å². The number of aliphatic hydroxyl groups excluding tert-OH is 3. The molecule has 200 valence electrons. The molecule has 13 nitrogen and oxygen atoms in total. The van der Waals surface area contributed by atoms with E-state index in [1.807, 2.05) is 0 Å². The summed E-state index contributed by atoms with van der Waals surface area (Å²) in [6, 6.07) is -0.969. The third-order valence-corrected chi connectivity index (χ3v) is 4.46. The van der Waals surface area contributed by atoms with Crippen molar-refractivity contribution in [1.82, 2.24) is 10.6 Å². The van der Waals surface area contributed by atoms with Crippen molar-refractivity contribution in [1.29, 1.82) is 0 Å². The fourth-order valence-corrected chi connectivity index (χ4v) is 2.92.